The first-order valence-electron chi connectivity index (χ1n) is 9.20. The van der Waals surface area contributed by atoms with Crippen LogP contribution >= 0.6 is 0 Å². The van der Waals surface area contributed by atoms with Gasteiger partial charge in [0.2, 0.25) is 11.8 Å². The Hall–Kier alpha value is -3.22. The van der Waals surface area contributed by atoms with Gasteiger partial charge in [-0.05, 0) is 24.3 Å². The predicted octanol–water partition coefficient (Wildman–Crippen LogP) is 2.38. The van der Waals surface area contributed by atoms with Crippen molar-refractivity contribution in [3.05, 3.63) is 48.5 Å². The Morgan fingerprint density at radius 1 is 0.964 bits per heavy atom. The van der Waals surface area contributed by atoms with Crippen LogP contribution in [0.25, 0.3) is 0 Å². The van der Waals surface area contributed by atoms with Gasteiger partial charge in [0.15, 0.2) is 0 Å². The number of para-hydroxylation sites is 1. The average Bonchev–Trinajstić information content (AvgIpc) is 2.74. The van der Waals surface area contributed by atoms with Crippen LogP contribution in [0.4, 0.5) is 11.4 Å². The molecule has 7 heteroatoms. The van der Waals surface area contributed by atoms with E-state index in [1.54, 1.807) is 30.2 Å². The monoisotopic (exact) mass is 383 g/mol. The molecule has 0 aromatic heterocycles. The van der Waals surface area contributed by atoms with Crippen molar-refractivity contribution in [2.75, 3.05) is 50.6 Å². The van der Waals surface area contributed by atoms with E-state index in [9.17, 15) is 9.59 Å². The standard InChI is InChI=1S/C21H25N3O4/c1-27-17-8-9-18(19(14-17)28-2)22-20(25)15-21(26)24-12-10-23(11-13-24)16-6-4-3-5-7-16/h3-9,14H,10-13,15H2,1-2H3,(H,22,25). The highest BCUT2D eigenvalue weighted by molar-refractivity contribution is 6.04. The van der Waals surface area contributed by atoms with Crippen molar-refractivity contribution in [1.29, 1.82) is 0 Å². The van der Waals surface area contributed by atoms with E-state index in [4.69, 9.17) is 9.47 Å². The highest BCUT2D eigenvalue weighted by atomic mass is 16.5. The van der Waals surface area contributed by atoms with Crippen molar-refractivity contribution in [1.82, 2.24) is 4.90 Å². The van der Waals surface area contributed by atoms with Crippen LogP contribution < -0.4 is 19.7 Å². The molecule has 2 aromatic rings. The molecule has 1 heterocycles. The summed E-state index contributed by atoms with van der Waals surface area (Å²) in [4.78, 5) is 28.8. The van der Waals surface area contributed by atoms with Crippen LogP contribution in [0.1, 0.15) is 6.42 Å². The number of piperazine rings is 1. The molecule has 0 saturated carbocycles. The second-order valence-electron chi connectivity index (χ2n) is 6.49. The van der Waals surface area contributed by atoms with Crippen LogP contribution in [-0.4, -0.2) is 57.1 Å². The SMILES string of the molecule is COc1ccc(NC(=O)CC(=O)N2CCN(c3ccccc3)CC2)c(OC)c1. The summed E-state index contributed by atoms with van der Waals surface area (Å²) >= 11 is 0. The Labute approximate surface area is 164 Å². The zero-order valence-electron chi connectivity index (χ0n) is 16.2. The summed E-state index contributed by atoms with van der Waals surface area (Å²) in [5.74, 6) is 0.579. The number of nitrogens with zero attached hydrogens (tertiary/aromatic N) is 2. The second kappa shape index (κ2) is 9.12. The molecule has 148 valence electrons. The molecular weight excluding hydrogens is 358 g/mol. The fraction of sp³-hybridized carbons (Fsp3) is 0.333. The second-order valence-corrected chi connectivity index (χ2v) is 6.49. The summed E-state index contributed by atoms with van der Waals surface area (Å²) in [7, 11) is 3.07. The van der Waals surface area contributed by atoms with Crippen molar-refractivity contribution in [3.8, 4) is 11.5 Å². The number of anilines is 2. The van der Waals surface area contributed by atoms with Gasteiger partial charge in [0, 0.05) is 37.9 Å². The number of amides is 2. The summed E-state index contributed by atoms with van der Waals surface area (Å²) < 4.78 is 10.4. The van der Waals surface area contributed by atoms with Gasteiger partial charge in [-0.15, -0.1) is 0 Å². The molecule has 2 amide bonds. The molecule has 0 unspecified atom stereocenters. The van der Waals surface area contributed by atoms with Crippen LogP contribution in [0, 0.1) is 0 Å². The van der Waals surface area contributed by atoms with E-state index in [-0.39, 0.29) is 18.2 Å². The van der Waals surface area contributed by atoms with Crippen molar-refractivity contribution < 1.29 is 19.1 Å². The Kier molecular flexibility index (Phi) is 6.37. The lowest BCUT2D eigenvalue weighted by Gasteiger charge is -2.36. The van der Waals surface area contributed by atoms with Gasteiger partial charge in [0.1, 0.15) is 17.9 Å². The molecule has 1 aliphatic heterocycles. The number of benzene rings is 2. The van der Waals surface area contributed by atoms with Gasteiger partial charge in [0.05, 0.1) is 19.9 Å². The lowest BCUT2D eigenvalue weighted by molar-refractivity contribution is -0.134. The lowest BCUT2D eigenvalue weighted by Crippen LogP contribution is -2.49. The lowest BCUT2D eigenvalue weighted by atomic mass is 10.2. The van der Waals surface area contributed by atoms with Crippen LogP contribution in [0.2, 0.25) is 0 Å². The number of ether oxygens (including phenoxy) is 2. The minimum atomic E-state index is -0.362. The number of carbonyl (C=O) groups is 2. The van der Waals surface area contributed by atoms with E-state index in [0.717, 1.165) is 18.8 Å². The van der Waals surface area contributed by atoms with Gasteiger partial charge in [-0.2, -0.15) is 0 Å². The summed E-state index contributed by atoms with van der Waals surface area (Å²) in [6.07, 6.45) is -0.194. The maximum absolute atomic E-state index is 12.5. The summed E-state index contributed by atoms with van der Waals surface area (Å²) in [5.41, 5.74) is 1.66. The van der Waals surface area contributed by atoms with Crippen molar-refractivity contribution in [2.24, 2.45) is 0 Å². The minimum absolute atomic E-state index is 0.169. The molecule has 0 atom stereocenters. The maximum atomic E-state index is 12.5. The van der Waals surface area contributed by atoms with Gasteiger partial charge in [-0.25, -0.2) is 0 Å². The van der Waals surface area contributed by atoms with Crippen LogP contribution in [0.3, 0.4) is 0 Å². The molecule has 1 N–H and O–H groups in total. The Balaban J connectivity index is 1.52. The zero-order valence-corrected chi connectivity index (χ0v) is 16.2. The average molecular weight is 383 g/mol. The van der Waals surface area contributed by atoms with E-state index >= 15 is 0 Å². The first kappa shape index (κ1) is 19.5. The highest BCUT2D eigenvalue weighted by Crippen LogP contribution is 2.29. The van der Waals surface area contributed by atoms with Crippen molar-refractivity contribution in [2.45, 2.75) is 6.42 Å². The van der Waals surface area contributed by atoms with Gasteiger partial charge >= 0.3 is 0 Å². The fourth-order valence-corrected chi connectivity index (χ4v) is 3.20. The van der Waals surface area contributed by atoms with E-state index in [1.165, 1.54) is 7.11 Å². The van der Waals surface area contributed by atoms with Crippen LogP contribution in [0.5, 0.6) is 11.5 Å². The molecule has 3 rings (SSSR count). The molecule has 1 saturated heterocycles. The number of methoxy groups -OCH3 is 2. The highest BCUT2D eigenvalue weighted by Gasteiger charge is 2.23. The van der Waals surface area contributed by atoms with Gasteiger partial charge in [-0.3, -0.25) is 9.59 Å². The Bertz CT molecular complexity index is 818. The van der Waals surface area contributed by atoms with E-state index in [2.05, 4.69) is 22.3 Å². The number of hydrogen-bond donors (Lipinski definition) is 1. The number of hydrogen-bond acceptors (Lipinski definition) is 5. The third-order valence-electron chi connectivity index (χ3n) is 4.75. The third kappa shape index (κ3) is 4.73. The molecule has 1 aliphatic rings. The molecule has 0 aliphatic carbocycles. The Morgan fingerprint density at radius 2 is 1.68 bits per heavy atom. The van der Waals surface area contributed by atoms with E-state index < -0.39 is 0 Å². The van der Waals surface area contributed by atoms with Crippen molar-refractivity contribution in [3.63, 3.8) is 0 Å². The summed E-state index contributed by atoms with van der Waals surface area (Å²) in [6.45, 7) is 2.72. The largest absolute Gasteiger partial charge is 0.497 e. The molecular formula is C21H25N3O4. The predicted molar refractivity (Wildman–Crippen MR) is 108 cm³/mol. The first-order valence-corrected chi connectivity index (χ1v) is 9.20. The van der Waals surface area contributed by atoms with Crippen molar-refractivity contribution >= 4 is 23.2 Å². The van der Waals surface area contributed by atoms with Crippen LogP contribution in [0.15, 0.2) is 48.5 Å². The maximum Gasteiger partial charge on any atom is 0.233 e. The third-order valence-corrected chi connectivity index (χ3v) is 4.75. The molecule has 28 heavy (non-hydrogen) atoms. The molecule has 0 bridgehead atoms. The molecule has 0 spiro atoms. The summed E-state index contributed by atoms with van der Waals surface area (Å²) in [6, 6.07) is 15.2. The van der Waals surface area contributed by atoms with Gasteiger partial charge in [-0.1, -0.05) is 18.2 Å². The quantitative estimate of drug-likeness (QED) is 0.776. The summed E-state index contributed by atoms with van der Waals surface area (Å²) in [5, 5.41) is 2.74. The van der Waals surface area contributed by atoms with Gasteiger partial charge in [0.25, 0.3) is 0 Å². The number of nitrogens with one attached hydrogen (secondary N) is 1. The van der Waals surface area contributed by atoms with E-state index in [0.29, 0.717) is 30.3 Å². The fourth-order valence-electron chi connectivity index (χ4n) is 3.20. The molecule has 1 fully saturated rings. The number of rotatable bonds is 6. The zero-order chi connectivity index (χ0) is 19.9. The Morgan fingerprint density at radius 3 is 2.32 bits per heavy atom. The van der Waals surface area contributed by atoms with Gasteiger partial charge < -0.3 is 24.6 Å². The molecule has 7 nitrogen and oxygen atoms in total. The smallest absolute Gasteiger partial charge is 0.233 e. The topological polar surface area (TPSA) is 71.1 Å². The molecule has 0 radical (unpaired) electrons. The van der Waals surface area contributed by atoms with E-state index in [1.807, 2.05) is 18.2 Å². The van der Waals surface area contributed by atoms with Crippen LogP contribution in [-0.2, 0) is 9.59 Å². The molecule has 2 aromatic carbocycles. The first-order chi connectivity index (χ1) is 13.6. The normalized spacial score (nSPS) is 13.8. The minimum Gasteiger partial charge on any atom is -0.497 e. The number of carbonyl (C=O) groups excluding carboxylic acids is 2.